The summed E-state index contributed by atoms with van der Waals surface area (Å²) in [5.41, 5.74) is 3.49. The van der Waals surface area contributed by atoms with E-state index in [0.717, 1.165) is 36.0 Å². The van der Waals surface area contributed by atoms with Crippen molar-refractivity contribution in [2.75, 3.05) is 27.8 Å². The second kappa shape index (κ2) is 11.6. The lowest BCUT2D eigenvalue weighted by atomic mass is 10.1. The van der Waals surface area contributed by atoms with E-state index >= 15 is 0 Å². The van der Waals surface area contributed by atoms with E-state index in [4.69, 9.17) is 9.47 Å². The van der Waals surface area contributed by atoms with Crippen LogP contribution in [0.5, 0.6) is 11.5 Å². The van der Waals surface area contributed by atoms with Crippen molar-refractivity contribution < 1.29 is 9.47 Å². The van der Waals surface area contributed by atoms with E-state index in [9.17, 15) is 0 Å². The van der Waals surface area contributed by atoms with Gasteiger partial charge in [-0.05, 0) is 42.2 Å². The molecule has 0 aromatic heterocycles. The van der Waals surface area contributed by atoms with Gasteiger partial charge in [0.05, 0.1) is 14.2 Å². The highest BCUT2D eigenvalue weighted by atomic mass is 127. The first kappa shape index (κ1) is 22.1. The van der Waals surface area contributed by atoms with Gasteiger partial charge in [-0.1, -0.05) is 30.3 Å². The number of hydrogen-bond donors (Lipinski definition) is 2. The molecule has 0 spiro atoms. The van der Waals surface area contributed by atoms with Crippen molar-refractivity contribution in [3.8, 4) is 11.5 Å². The summed E-state index contributed by atoms with van der Waals surface area (Å²) in [4.78, 5) is 4.27. The van der Waals surface area contributed by atoms with Crippen LogP contribution in [-0.4, -0.2) is 33.8 Å². The number of aliphatic imine (C=N–C) groups is 1. The van der Waals surface area contributed by atoms with Crippen LogP contribution in [-0.2, 0) is 13.0 Å². The van der Waals surface area contributed by atoms with Crippen molar-refractivity contribution in [2.24, 2.45) is 4.99 Å². The van der Waals surface area contributed by atoms with Crippen molar-refractivity contribution in [1.82, 2.24) is 10.6 Å². The highest BCUT2D eigenvalue weighted by Crippen LogP contribution is 2.18. The number of nitrogens with one attached hydrogen (secondary N) is 2. The smallest absolute Gasteiger partial charge is 0.191 e. The maximum absolute atomic E-state index is 5.38. The third-order valence-corrected chi connectivity index (χ3v) is 4.02. The Morgan fingerprint density at radius 1 is 1.00 bits per heavy atom. The average Bonchev–Trinajstić information content (AvgIpc) is 2.65. The highest BCUT2D eigenvalue weighted by molar-refractivity contribution is 14.0. The second-order valence-electron chi connectivity index (χ2n) is 5.72. The summed E-state index contributed by atoms with van der Waals surface area (Å²) in [6.07, 6.45) is 0.867. The highest BCUT2D eigenvalue weighted by Gasteiger charge is 2.04. The molecule has 0 fully saturated rings. The van der Waals surface area contributed by atoms with Crippen LogP contribution < -0.4 is 20.1 Å². The number of nitrogens with zero attached hydrogens (tertiary/aromatic N) is 1. The lowest BCUT2D eigenvalue weighted by Gasteiger charge is -2.14. The van der Waals surface area contributed by atoms with Gasteiger partial charge in [0.2, 0.25) is 0 Å². The predicted octanol–water partition coefficient (Wildman–Crippen LogP) is 3.54. The van der Waals surface area contributed by atoms with Gasteiger partial charge in [0.25, 0.3) is 0 Å². The van der Waals surface area contributed by atoms with Crippen LogP contribution in [0.2, 0.25) is 0 Å². The molecule has 0 aliphatic rings. The quantitative estimate of drug-likeness (QED) is 0.370. The van der Waals surface area contributed by atoms with Crippen molar-refractivity contribution in [3.63, 3.8) is 0 Å². The van der Waals surface area contributed by atoms with Crippen LogP contribution in [0.15, 0.2) is 47.5 Å². The van der Waals surface area contributed by atoms with E-state index in [1.807, 2.05) is 31.2 Å². The molecular weight excluding hydrogens is 441 g/mol. The maximum atomic E-state index is 5.38. The molecular formula is C20H28IN3O2. The Hall–Kier alpha value is -1.96. The van der Waals surface area contributed by atoms with Crippen LogP contribution in [0.1, 0.15) is 16.7 Å². The molecule has 26 heavy (non-hydrogen) atoms. The lowest BCUT2D eigenvalue weighted by molar-refractivity contribution is 0.409. The molecule has 0 unspecified atom stereocenters. The molecule has 2 N–H and O–H groups in total. The SMILES string of the molecule is CN=C(NCCc1ccccc1OC)NCc1ccc(OC)c(C)c1.I. The summed E-state index contributed by atoms with van der Waals surface area (Å²) in [5, 5.41) is 6.67. The van der Waals surface area contributed by atoms with Crippen molar-refractivity contribution in [3.05, 3.63) is 59.2 Å². The fourth-order valence-corrected chi connectivity index (χ4v) is 2.68. The van der Waals surface area contributed by atoms with Crippen molar-refractivity contribution in [2.45, 2.75) is 19.9 Å². The first-order chi connectivity index (χ1) is 12.2. The number of aryl methyl sites for hydroxylation is 1. The zero-order valence-electron chi connectivity index (χ0n) is 15.8. The Morgan fingerprint density at radius 2 is 1.73 bits per heavy atom. The number of benzene rings is 2. The predicted molar refractivity (Wildman–Crippen MR) is 118 cm³/mol. The third-order valence-electron chi connectivity index (χ3n) is 4.02. The molecule has 6 heteroatoms. The molecule has 0 radical (unpaired) electrons. The second-order valence-corrected chi connectivity index (χ2v) is 5.72. The molecule has 0 aliphatic carbocycles. The Labute approximate surface area is 173 Å². The number of para-hydroxylation sites is 1. The molecule has 0 bridgehead atoms. The van der Waals surface area contributed by atoms with Gasteiger partial charge in [0, 0.05) is 20.1 Å². The summed E-state index contributed by atoms with van der Waals surface area (Å²) in [7, 11) is 5.16. The van der Waals surface area contributed by atoms with Gasteiger partial charge in [-0.15, -0.1) is 24.0 Å². The zero-order valence-corrected chi connectivity index (χ0v) is 18.2. The molecule has 0 heterocycles. The van der Waals surface area contributed by atoms with Gasteiger partial charge in [0.15, 0.2) is 5.96 Å². The number of ether oxygens (including phenoxy) is 2. The zero-order chi connectivity index (χ0) is 18.1. The number of rotatable bonds is 7. The molecule has 0 atom stereocenters. The molecule has 2 aromatic carbocycles. The number of hydrogen-bond acceptors (Lipinski definition) is 3. The van der Waals surface area contributed by atoms with Crippen LogP contribution in [0.25, 0.3) is 0 Å². The van der Waals surface area contributed by atoms with Gasteiger partial charge in [-0.2, -0.15) is 0 Å². The fraction of sp³-hybridized carbons (Fsp3) is 0.350. The Morgan fingerprint density at radius 3 is 2.38 bits per heavy atom. The summed E-state index contributed by atoms with van der Waals surface area (Å²) in [5.74, 6) is 2.60. The molecule has 0 saturated heterocycles. The number of methoxy groups -OCH3 is 2. The molecule has 2 rings (SSSR count). The van der Waals surface area contributed by atoms with Crippen LogP contribution >= 0.6 is 24.0 Å². The Kier molecular flexibility index (Phi) is 9.87. The van der Waals surface area contributed by atoms with E-state index in [1.165, 1.54) is 11.1 Å². The van der Waals surface area contributed by atoms with E-state index in [0.29, 0.717) is 6.54 Å². The van der Waals surface area contributed by atoms with Crippen LogP contribution in [0, 0.1) is 6.92 Å². The van der Waals surface area contributed by atoms with Crippen LogP contribution in [0.3, 0.4) is 0 Å². The minimum Gasteiger partial charge on any atom is -0.496 e. The number of halogens is 1. The molecule has 142 valence electrons. The van der Waals surface area contributed by atoms with Gasteiger partial charge in [0.1, 0.15) is 11.5 Å². The topological polar surface area (TPSA) is 54.9 Å². The normalized spacial score (nSPS) is 10.7. The number of guanidine groups is 1. The summed E-state index contributed by atoms with van der Waals surface area (Å²) < 4.78 is 10.7. The molecule has 0 saturated carbocycles. The molecule has 5 nitrogen and oxygen atoms in total. The standard InChI is InChI=1S/C20H27N3O2.HI/c1-15-13-16(9-10-18(15)24-3)14-23-20(21-2)22-12-11-17-7-5-6-8-19(17)25-4;/h5-10,13H,11-12,14H2,1-4H3,(H2,21,22,23);1H. The van der Waals surface area contributed by atoms with Gasteiger partial charge in [-0.25, -0.2) is 0 Å². The van der Waals surface area contributed by atoms with E-state index in [-0.39, 0.29) is 24.0 Å². The largest absolute Gasteiger partial charge is 0.496 e. The van der Waals surface area contributed by atoms with E-state index < -0.39 is 0 Å². The monoisotopic (exact) mass is 469 g/mol. The summed E-state index contributed by atoms with van der Waals surface area (Å²) in [6, 6.07) is 14.2. The molecule has 0 aliphatic heterocycles. The van der Waals surface area contributed by atoms with Crippen molar-refractivity contribution in [1.29, 1.82) is 0 Å². The van der Waals surface area contributed by atoms with E-state index in [1.54, 1.807) is 21.3 Å². The lowest BCUT2D eigenvalue weighted by Crippen LogP contribution is -2.37. The van der Waals surface area contributed by atoms with Crippen LogP contribution in [0.4, 0.5) is 0 Å². The average molecular weight is 469 g/mol. The van der Waals surface area contributed by atoms with Gasteiger partial charge < -0.3 is 20.1 Å². The Bertz CT molecular complexity index is 720. The first-order valence-corrected chi connectivity index (χ1v) is 8.38. The first-order valence-electron chi connectivity index (χ1n) is 8.38. The summed E-state index contributed by atoms with van der Waals surface area (Å²) in [6.45, 7) is 3.53. The Balaban J connectivity index is 0.00000338. The van der Waals surface area contributed by atoms with Crippen molar-refractivity contribution >= 4 is 29.9 Å². The maximum Gasteiger partial charge on any atom is 0.191 e. The summed E-state index contributed by atoms with van der Waals surface area (Å²) >= 11 is 0. The minimum atomic E-state index is 0. The minimum absolute atomic E-state index is 0. The van der Waals surface area contributed by atoms with Gasteiger partial charge in [-0.3, -0.25) is 4.99 Å². The third kappa shape index (κ3) is 6.40. The molecule has 0 amide bonds. The fourth-order valence-electron chi connectivity index (χ4n) is 2.68. The van der Waals surface area contributed by atoms with Gasteiger partial charge >= 0.3 is 0 Å². The molecule has 2 aromatic rings. The van der Waals surface area contributed by atoms with E-state index in [2.05, 4.69) is 33.8 Å².